The van der Waals surface area contributed by atoms with E-state index >= 15 is 0 Å². The van der Waals surface area contributed by atoms with E-state index in [0.717, 1.165) is 25.1 Å². The molecule has 2 aromatic rings. The molecule has 0 saturated carbocycles. The van der Waals surface area contributed by atoms with E-state index in [0.29, 0.717) is 24.6 Å². The largest absolute Gasteiger partial charge is 0.456 e. The lowest BCUT2D eigenvalue weighted by Gasteiger charge is -2.29. The van der Waals surface area contributed by atoms with Crippen LogP contribution >= 0.6 is 0 Å². The van der Waals surface area contributed by atoms with Crippen molar-refractivity contribution in [2.24, 2.45) is 0 Å². The second-order valence-electron chi connectivity index (χ2n) is 6.27. The standard InChI is InChI=1S/C20H25N3O3/c1-2-23(15-19-6-3-4-13-25-19)20(24)22-16-8-10-17(11-9-16)26-18-7-5-12-21-14-18/h5,7-12,14,19H,2-4,6,13,15H2,1H3,(H,22,24)/t19-/m0/s1. The van der Waals surface area contributed by atoms with Crippen LogP contribution in [0.5, 0.6) is 11.5 Å². The molecule has 0 spiro atoms. The second kappa shape index (κ2) is 9.20. The highest BCUT2D eigenvalue weighted by molar-refractivity contribution is 5.89. The van der Waals surface area contributed by atoms with E-state index in [4.69, 9.17) is 9.47 Å². The summed E-state index contributed by atoms with van der Waals surface area (Å²) in [5.41, 5.74) is 0.733. The van der Waals surface area contributed by atoms with Gasteiger partial charge in [0.1, 0.15) is 11.5 Å². The van der Waals surface area contributed by atoms with E-state index in [1.807, 2.05) is 43.3 Å². The summed E-state index contributed by atoms with van der Waals surface area (Å²) in [4.78, 5) is 18.3. The molecular formula is C20H25N3O3. The minimum absolute atomic E-state index is 0.109. The number of rotatable bonds is 6. The first-order chi connectivity index (χ1) is 12.7. The molecule has 1 aliphatic rings. The zero-order valence-electron chi connectivity index (χ0n) is 15.1. The number of benzene rings is 1. The number of nitrogens with zero attached hydrogens (tertiary/aromatic N) is 2. The zero-order chi connectivity index (χ0) is 18.2. The Kier molecular flexibility index (Phi) is 6.44. The lowest BCUT2D eigenvalue weighted by Crippen LogP contribution is -2.41. The lowest BCUT2D eigenvalue weighted by atomic mass is 10.1. The molecule has 1 fully saturated rings. The maximum atomic E-state index is 12.5. The zero-order valence-corrected chi connectivity index (χ0v) is 15.1. The molecule has 0 unspecified atom stereocenters. The molecule has 1 aromatic carbocycles. The van der Waals surface area contributed by atoms with Gasteiger partial charge in [0, 0.05) is 31.6 Å². The van der Waals surface area contributed by atoms with E-state index in [1.165, 1.54) is 6.42 Å². The van der Waals surface area contributed by atoms with E-state index in [-0.39, 0.29) is 12.1 Å². The average Bonchev–Trinajstić information content (AvgIpc) is 2.69. The Labute approximate surface area is 154 Å². The Morgan fingerprint density at radius 2 is 2.12 bits per heavy atom. The smallest absolute Gasteiger partial charge is 0.321 e. The van der Waals surface area contributed by atoms with Gasteiger partial charge in [-0.25, -0.2) is 4.79 Å². The molecule has 1 saturated heterocycles. The monoisotopic (exact) mass is 355 g/mol. The van der Waals surface area contributed by atoms with Gasteiger partial charge in [0.2, 0.25) is 0 Å². The number of likely N-dealkylation sites (N-methyl/N-ethyl adjacent to an activating group) is 1. The number of hydrogen-bond acceptors (Lipinski definition) is 4. The molecule has 6 nitrogen and oxygen atoms in total. The third-order valence-corrected chi connectivity index (χ3v) is 4.34. The summed E-state index contributed by atoms with van der Waals surface area (Å²) >= 11 is 0. The average molecular weight is 355 g/mol. The highest BCUT2D eigenvalue weighted by Crippen LogP contribution is 2.22. The minimum Gasteiger partial charge on any atom is -0.456 e. The Morgan fingerprint density at radius 1 is 1.27 bits per heavy atom. The number of ether oxygens (including phenoxy) is 2. The molecule has 3 rings (SSSR count). The summed E-state index contributed by atoms with van der Waals surface area (Å²) in [7, 11) is 0. The van der Waals surface area contributed by atoms with Crippen LogP contribution in [0.1, 0.15) is 26.2 Å². The van der Waals surface area contributed by atoms with Crippen LogP contribution in [-0.4, -0.2) is 41.7 Å². The summed E-state index contributed by atoms with van der Waals surface area (Å²) in [6.45, 7) is 4.05. The van der Waals surface area contributed by atoms with Gasteiger partial charge < -0.3 is 19.7 Å². The van der Waals surface area contributed by atoms with Gasteiger partial charge in [-0.05, 0) is 62.6 Å². The number of nitrogens with one attached hydrogen (secondary N) is 1. The third-order valence-electron chi connectivity index (χ3n) is 4.34. The Morgan fingerprint density at radius 3 is 2.77 bits per heavy atom. The highest BCUT2D eigenvalue weighted by atomic mass is 16.5. The minimum atomic E-state index is -0.109. The summed E-state index contributed by atoms with van der Waals surface area (Å²) in [6.07, 6.45) is 6.80. The quantitative estimate of drug-likeness (QED) is 0.839. The van der Waals surface area contributed by atoms with Crippen LogP contribution in [0.3, 0.4) is 0 Å². The van der Waals surface area contributed by atoms with Crippen molar-refractivity contribution in [2.45, 2.75) is 32.3 Å². The second-order valence-corrected chi connectivity index (χ2v) is 6.27. The van der Waals surface area contributed by atoms with Gasteiger partial charge in [0.25, 0.3) is 0 Å². The molecule has 1 aliphatic heterocycles. The first-order valence-electron chi connectivity index (χ1n) is 9.10. The van der Waals surface area contributed by atoms with Crippen LogP contribution in [0.2, 0.25) is 0 Å². The SMILES string of the molecule is CCN(C[C@@H]1CCCCO1)C(=O)Nc1ccc(Oc2cccnc2)cc1. The van der Waals surface area contributed by atoms with Gasteiger partial charge in [0.15, 0.2) is 0 Å². The summed E-state index contributed by atoms with van der Waals surface area (Å²) in [6, 6.07) is 10.9. The van der Waals surface area contributed by atoms with Gasteiger partial charge in [-0.3, -0.25) is 4.98 Å². The molecule has 2 amide bonds. The van der Waals surface area contributed by atoms with Gasteiger partial charge in [-0.15, -0.1) is 0 Å². The van der Waals surface area contributed by atoms with Crippen LogP contribution in [0.4, 0.5) is 10.5 Å². The van der Waals surface area contributed by atoms with Crippen molar-refractivity contribution in [3.05, 3.63) is 48.8 Å². The fourth-order valence-electron chi connectivity index (χ4n) is 2.91. The molecule has 1 N–H and O–H groups in total. The van der Waals surface area contributed by atoms with Crippen molar-refractivity contribution < 1.29 is 14.3 Å². The number of carbonyl (C=O) groups is 1. The molecular weight excluding hydrogens is 330 g/mol. The number of amides is 2. The van der Waals surface area contributed by atoms with Crippen molar-refractivity contribution in [3.8, 4) is 11.5 Å². The molecule has 1 aromatic heterocycles. The van der Waals surface area contributed by atoms with Crippen molar-refractivity contribution in [1.29, 1.82) is 0 Å². The maximum absolute atomic E-state index is 12.5. The summed E-state index contributed by atoms with van der Waals surface area (Å²) in [5, 5.41) is 2.94. The number of anilines is 1. The van der Waals surface area contributed by atoms with Crippen LogP contribution < -0.4 is 10.1 Å². The molecule has 138 valence electrons. The number of pyridine rings is 1. The summed E-state index contributed by atoms with van der Waals surface area (Å²) < 4.78 is 11.4. The molecule has 6 heteroatoms. The van der Waals surface area contributed by atoms with Gasteiger partial charge in [-0.2, -0.15) is 0 Å². The maximum Gasteiger partial charge on any atom is 0.321 e. The lowest BCUT2D eigenvalue weighted by molar-refractivity contribution is 0.00221. The van der Waals surface area contributed by atoms with Gasteiger partial charge in [-0.1, -0.05) is 0 Å². The van der Waals surface area contributed by atoms with Crippen LogP contribution in [0.15, 0.2) is 48.8 Å². The predicted octanol–water partition coefficient (Wildman–Crippen LogP) is 4.30. The third kappa shape index (κ3) is 5.20. The molecule has 0 aliphatic carbocycles. The van der Waals surface area contributed by atoms with Crippen molar-refractivity contribution in [1.82, 2.24) is 9.88 Å². The van der Waals surface area contributed by atoms with Gasteiger partial charge >= 0.3 is 6.03 Å². The van der Waals surface area contributed by atoms with Crippen LogP contribution in [0, 0.1) is 0 Å². The number of carbonyl (C=O) groups excluding carboxylic acids is 1. The first-order valence-corrected chi connectivity index (χ1v) is 9.10. The van der Waals surface area contributed by atoms with Crippen molar-refractivity contribution >= 4 is 11.7 Å². The predicted molar refractivity (Wildman–Crippen MR) is 101 cm³/mol. The number of hydrogen-bond donors (Lipinski definition) is 1. The molecule has 0 radical (unpaired) electrons. The van der Waals surface area contributed by atoms with Crippen LogP contribution in [0.25, 0.3) is 0 Å². The summed E-state index contributed by atoms with van der Waals surface area (Å²) in [5.74, 6) is 1.37. The normalized spacial score (nSPS) is 16.7. The number of aromatic nitrogens is 1. The fourth-order valence-corrected chi connectivity index (χ4v) is 2.91. The first kappa shape index (κ1) is 18.2. The fraction of sp³-hybridized carbons (Fsp3) is 0.400. The Hall–Kier alpha value is -2.60. The van der Waals surface area contributed by atoms with E-state index in [9.17, 15) is 4.79 Å². The van der Waals surface area contributed by atoms with Crippen molar-refractivity contribution in [2.75, 3.05) is 25.0 Å². The van der Waals surface area contributed by atoms with Gasteiger partial charge in [0.05, 0.1) is 12.3 Å². The number of urea groups is 1. The van der Waals surface area contributed by atoms with E-state index < -0.39 is 0 Å². The topological polar surface area (TPSA) is 63.7 Å². The molecule has 26 heavy (non-hydrogen) atoms. The molecule has 2 heterocycles. The van der Waals surface area contributed by atoms with Crippen molar-refractivity contribution in [3.63, 3.8) is 0 Å². The Balaban J connectivity index is 1.54. The van der Waals surface area contributed by atoms with E-state index in [1.54, 1.807) is 17.3 Å². The highest BCUT2D eigenvalue weighted by Gasteiger charge is 2.20. The Bertz CT molecular complexity index is 685. The molecule has 1 atom stereocenters. The van der Waals surface area contributed by atoms with Crippen LogP contribution in [-0.2, 0) is 4.74 Å². The van der Waals surface area contributed by atoms with E-state index in [2.05, 4.69) is 10.3 Å². The molecule has 0 bridgehead atoms.